The number of fused-ring (bicyclic) bond motifs is 1. The van der Waals surface area contributed by atoms with E-state index < -0.39 is 0 Å². The van der Waals surface area contributed by atoms with Crippen LogP contribution in [-0.4, -0.2) is 24.0 Å². The third-order valence-electron chi connectivity index (χ3n) is 3.06. The van der Waals surface area contributed by atoms with Gasteiger partial charge >= 0.3 is 0 Å². The van der Waals surface area contributed by atoms with Crippen LogP contribution in [0.1, 0.15) is 19.4 Å². The predicted octanol–water partition coefficient (Wildman–Crippen LogP) is 3.54. The molecule has 0 saturated heterocycles. The van der Waals surface area contributed by atoms with E-state index in [-0.39, 0.29) is 24.0 Å². The monoisotopic (exact) mass is 420 g/mol. The number of aromatic nitrogens is 1. The van der Waals surface area contributed by atoms with Gasteiger partial charge in [0.1, 0.15) is 0 Å². The highest BCUT2D eigenvalue weighted by Gasteiger charge is 2.04. The van der Waals surface area contributed by atoms with Gasteiger partial charge in [-0.15, -0.1) is 24.0 Å². The Hall–Kier alpha value is -0.950. The van der Waals surface area contributed by atoms with Crippen LogP contribution in [-0.2, 0) is 6.42 Å². The molecule has 0 atom stereocenters. The zero-order valence-corrected chi connectivity index (χ0v) is 15.4. The number of benzene rings is 1. The zero-order chi connectivity index (χ0) is 14.5. The lowest BCUT2D eigenvalue weighted by Crippen LogP contribution is -2.33. The maximum absolute atomic E-state index is 6.03. The van der Waals surface area contributed by atoms with Gasteiger partial charge in [-0.1, -0.05) is 25.4 Å². The number of nitrogens with two attached hydrogens (primary N) is 1. The predicted molar refractivity (Wildman–Crippen MR) is 102 cm³/mol. The Bertz CT molecular complexity index is 607. The van der Waals surface area contributed by atoms with Gasteiger partial charge in [0.2, 0.25) is 0 Å². The number of aliphatic imine (C=N–C) groups is 1. The summed E-state index contributed by atoms with van der Waals surface area (Å²) in [5, 5.41) is 5.05. The van der Waals surface area contributed by atoms with Gasteiger partial charge in [-0.25, -0.2) is 0 Å². The van der Waals surface area contributed by atoms with Crippen molar-refractivity contribution in [3.8, 4) is 0 Å². The number of halogens is 2. The van der Waals surface area contributed by atoms with Crippen molar-refractivity contribution in [1.29, 1.82) is 0 Å². The quantitative estimate of drug-likeness (QED) is 0.393. The Balaban J connectivity index is 0.00000220. The van der Waals surface area contributed by atoms with Gasteiger partial charge in [0.15, 0.2) is 5.96 Å². The molecule has 1 aromatic carbocycles. The van der Waals surface area contributed by atoms with Crippen LogP contribution in [0.4, 0.5) is 0 Å². The molecule has 0 unspecified atom stereocenters. The normalized spacial score (nSPS) is 11.7. The molecule has 0 spiro atoms. The second-order valence-electron chi connectivity index (χ2n) is 5.30. The molecule has 2 aromatic rings. The molecule has 21 heavy (non-hydrogen) atoms. The Morgan fingerprint density at radius 3 is 2.90 bits per heavy atom. The summed E-state index contributed by atoms with van der Waals surface area (Å²) in [6.45, 7) is 5.74. The number of hydrogen-bond acceptors (Lipinski definition) is 1. The first-order valence-corrected chi connectivity index (χ1v) is 7.23. The van der Waals surface area contributed by atoms with Crippen LogP contribution in [0, 0.1) is 5.92 Å². The highest BCUT2D eigenvalue weighted by Crippen LogP contribution is 2.22. The van der Waals surface area contributed by atoms with Crippen molar-refractivity contribution in [3.05, 3.63) is 35.0 Å². The number of hydrogen-bond donors (Lipinski definition) is 3. The first kappa shape index (κ1) is 18.1. The maximum Gasteiger partial charge on any atom is 0.188 e. The summed E-state index contributed by atoms with van der Waals surface area (Å²) in [7, 11) is 0. The number of nitrogens with zero attached hydrogens (tertiary/aromatic N) is 1. The summed E-state index contributed by atoms with van der Waals surface area (Å²) in [6.07, 6.45) is 2.89. The molecule has 2 rings (SSSR count). The van der Waals surface area contributed by atoms with Gasteiger partial charge in [0.05, 0.1) is 0 Å². The minimum atomic E-state index is 0. The summed E-state index contributed by atoms with van der Waals surface area (Å²) in [6, 6.07) is 5.87. The van der Waals surface area contributed by atoms with Crippen molar-refractivity contribution in [2.45, 2.75) is 20.3 Å². The van der Waals surface area contributed by atoms with Crippen LogP contribution in [0.2, 0.25) is 5.02 Å². The van der Waals surface area contributed by atoms with Gasteiger partial charge in [0.25, 0.3) is 0 Å². The largest absolute Gasteiger partial charge is 0.370 e. The molecule has 0 fully saturated rings. The standard InChI is InChI=1S/C15H21ClN4.HI/c1-10(2)8-20-15(17)18-6-5-11-9-19-14-4-3-12(16)7-13(11)14;/h3-4,7,9-10,19H,5-6,8H2,1-2H3,(H3,17,18,20);1H. The molecule has 0 aliphatic heterocycles. The molecule has 0 bridgehead atoms. The Morgan fingerprint density at radius 2 is 2.19 bits per heavy atom. The van der Waals surface area contributed by atoms with Crippen LogP contribution >= 0.6 is 35.6 Å². The molecule has 0 saturated carbocycles. The molecule has 6 heteroatoms. The molecule has 4 N–H and O–H groups in total. The van der Waals surface area contributed by atoms with E-state index >= 15 is 0 Å². The number of nitrogens with one attached hydrogen (secondary N) is 2. The van der Waals surface area contributed by atoms with E-state index in [1.807, 2.05) is 24.4 Å². The van der Waals surface area contributed by atoms with Gasteiger partial charge in [-0.05, 0) is 36.1 Å². The number of guanidine groups is 1. The fraction of sp³-hybridized carbons (Fsp3) is 0.400. The Kier molecular flexibility index (Phi) is 7.31. The van der Waals surface area contributed by atoms with E-state index in [1.165, 1.54) is 5.56 Å². The van der Waals surface area contributed by atoms with Crippen molar-refractivity contribution in [1.82, 2.24) is 10.3 Å². The topological polar surface area (TPSA) is 66.2 Å². The van der Waals surface area contributed by atoms with Crippen LogP contribution in [0.3, 0.4) is 0 Å². The summed E-state index contributed by atoms with van der Waals surface area (Å²) in [4.78, 5) is 7.52. The second-order valence-corrected chi connectivity index (χ2v) is 5.74. The lowest BCUT2D eigenvalue weighted by molar-refractivity contribution is 0.661. The third-order valence-corrected chi connectivity index (χ3v) is 3.29. The van der Waals surface area contributed by atoms with E-state index in [0.29, 0.717) is 11.9 Å². The molecule has 4 nitrogen and oxygen atoms in total. The summed E-state index contributed by atoms with van der Waals surface area (Å²) >= 11 is 6.03. The minimum absolute atomic E-state index is 0. The van der Waals surface area contributed by atoms with Gasteiger partial charge in [-0.3, -0.25) is 4.99 Å². The van der Waals surface area contributed by atoms with Crippen LogP contribution < -0.4 is 11.1 Å². The van der Waals surface area contributed by atoms with E-state index in [0.717, 1.165) is 35.4 Å². The maximum atomic E-state index is 6.03. The lowest BCUT2D eigenvalue weighted by Gasteiger charge is -2.06. The molecular formula is C15H22ClIN4. The van der Waals surface area contributed by atoms with E-state index in [2.05, 4.69) is 29.1 Å². The fourth-order valence-corrected chi connectivity index (χ4v) is 2.19. The van der Waals surface area contributed by atoms with Gasteiger partial charge < -0.3 is 16.0 Å². The second kappa shape index (κ2) is 8.48. The van der Waals surface area contributed by atoms with Crippen molar-refractivity contribution >= 4 is 52.4 Å². The van der Waals surface area contributed by atoms with Crippen molar-refractivity contribution in [3.63, 3.8) is 0 Å². The number of rotatable bonds is 5. The molecule has 0 aliphatic rings. The van der Waals surface area contributed by atoms with E-state index in [4.69, 9.17) is 17.3 Å². The number of H-pyrrole nitrogens is 1. The zero-order valence-electron chi connectivity index (χ0n) is 12.3. The highest BCUT2D eigenvalue weighted by atomic mass is 127. The van der Waals surface area contributed by atoms with Crippen molar-refractivity contribution in [2.24, 2.45) is 16.6 Å². The third kappa shape index (κ3) is 5.39. The molecule has 0 aliphatic carbocycles. The lowest BCUT2D eigenvalue weighted by atomic mass is 10.1. The first-order valence-electron chi connectivity index (χ1n) is 6.85. The average molecular weight is 421 g/mol. The molecule has 1 aromatic heterocycles. The fourth-order valence-electron chi connectivity index (χ4n) is 2.02. The van der Waals surface area contributed by atoms with Crippen LogP contribution in [0.5, 0.6) is 0 Å². The van der Waals surface area contributed by atoms with Crippen molar-refractivity contribution in [2.75, 3.05) is 13.1 Å². The van der Waals surface area contributed by atoms with E-state index in [1.54, 1.807) is 0 Å². The molecular weight excluding hydrogens is 399 g/mol. The SMILES string of the molecule is CC(C)CN=C(N)NCCc1c[nH]c2ccc(Cl)cc12.I. The summed E-state index contributed by atoms with van der Waals surface area (Å²) in [5.41, 5.74) is 8.14. The van der Waals surface area contributed by atoms with Gasteiger partial charge in [0, 0.05) is 35.2 Å². The average Bonchev–Trinajstić information content (AvgIpc) is 2.79. The van der Waals surface area contributed by atoms with Crippen molar-refractivity contribution < 1.29 is 0 Å². The van der Waals surface area contributed by atoms with Gasteiger partial charge in [-0.2, -0.15) is 0 Å². The van der Waals surface area contributed by atoms with E-state index in [9.17, 15) is 0 Å². The highest BCUT2D eigenvalue weighted by molar-refractivity contribution is 14.0. The molecule has 1 heterocycles. The van der Waals surface area contributed by atoms with Crippen LogP contribution in [0.15, 0.2) is 29.4 Å². The summed E-state index contributed by atoms with van der Waals surface area (Å²) in [5.74, 6) is 1.03. The minimum Gasteiger partial charge on any atom is -0.370 e. The molecule has 116 valence electrons. The summed E-state index contributed by atoms with van der Waals surface area (Å²) < 4.78 is 0. The van der Waals surface area contributed by atoms with Crippen LogP contribution in [0.25, 0.3) is 10.9 Å². The Labute approximate surface area is 147 Å². The number of aromatic amines is 1. The molecule has 0 radical (unpaired) electrons. The Morgan fingerprint density at radius 1 is 1.43 bits per heavy atom. The first-order chi connectivity index (χ1) is 9.56. The molecule has 0 amide bonds. The smallest absolute Gasteiger partial charge is 0.188 e.